The second-order valence-electron chi connectivity index (χ2n) is 3.28. The second-order valence-corrected chi connectivity index (χ2v) is 3.28. The van der Waals surface area contributed by atoms with Crippen LogP contribution in [-0.2, 0) is 9.53 Å². The van der Waals surface area contributed by atoms with Crippen LogP contribution < -0.4 is 0 Å². The molecule has 3 unspecified atom stereocenters. The van der Waals surface area contributed by atoms with Gasteiger partial charge >= 0.3 is 12.1 Å². The largest absolute Gasteiger partial charge is 0.467 e. The Morgan fingerprint density at radius 1 is 1.57 bits per heavy atom. The first-order valence-electron chi connectivity index (χ1n) is 4.20. The number of hydrogen-bond donors (Lipinski definition) is 1. The number of esters is 1. The van der Waals surface area contributed by atoms with Crippen molar-refractivity contribution in [3.63, 3.8) is 0 Å². The Morgan fingerprint density at radius 3 is 2.57 bits per heavy atom. The molecule has 1 N–H and O–H groups in total. The smallest absolute Gasteiger partial charge is 0.408 e. The summed E-state index contributed by atoms with van der Waals surface area (Å²) < 4.78 is 17.6. The van der Waals surface area contributed by atoms with Gasteiger partial charge < -0.3 is 9.84 Å². The van der Waals surface area contributed by atoms with Crippen LogP contribution in [0.1, 0.15) is 6.92 Å². The van der Waals surface area contributed by atoms with Crippen molar-refractivity contribution in [2.24, 2.45) is 5.92 Å². The summed E-state index contributed by atoms with van der Waals surface area (Å²) in [5, 5.41) is 8.72. The number of halogens is 1. The number of carbonyl (C=O) groups excluding carboxylic acids is 1. The van der Waals surface area contributed by atoms with Crippen molar-refractivity contribution in [3.8, 4) is 0 Å². The molecule has 80 valence electrons. The molecule has 1 aliphatic heterocycles. The van der Waals surface area contributed by atoms with E-state index < -0.39 is 30.2 Å². The van der Waals surface area contributed by atoms with E-state index in [9.17, 15) is 14.0 Å². The molecule has 1 amide bonds. The minimum atomic E-state index is -1.31. The van der Waals surface area contributed by atoms with Crippen LogP contribution in [0.25, 0.3) is 0 Å². The predicted octanol–water partition coefficient (Wildman–Crippen LogP) is 0.496. The van der Waals surface area contributed by atoms with Gasteiger partial charge in [-0.05, 0) is 0 Å². The summed E-state index contributed by atoms with van der Waals surface area (Å²) in [5.41, 5.74) is 0. The monoisotopic (exact) mass is 205 g/mol. The molecule has 0 aromatic rings. The Labute approximate surface area is 80.4 Å². The fraction of sp³-hybridized carbons (Fsp3) is 0.750. The second kappa shape index (κ2) is 3.81. The van der Waals surface area contributed by atoms with Crippen molar-refractivity contribution in [1.29, 1.82) is 0 Å². The molecule has 1 aliphatic rings. The van der Waals surface area contributed by atoms with Crippen LogP contribution >= 0.6 is 0 Å². The first-order valence-corrected chi connectivity index (χ1v) is 4.20. The number of rotatable bonds is 1. The molecule has 1 fully saturated rings. The molecule has 1 saturated heterocycles. The Morgan fingerprint density at radius 2 is 2.14 bits per heavy atom. The lowest BCUT2D eigenvalue weighted by Crippen LogP contribution is -2.42. The Kier molecular flexibility index (Phi) is 2.93. The zero-order valence-electron chi connectivity index (χ0n) is 7.94. The third-order valence-corrected chi connectivity index (χ3v) is 2.46. The average molecular weight is 205 g/mol. The van der Waals surface area contributed by atoms with Crippen molar-refractivity contribution in [3.05, 3.63) is 0 Å². The molecule has 14 heavy (non-hydrogen) atoms. The first-order chi connectivity index (χ1) is 6.49. The van der Waals surface area contributed by atoms with E-state index >= 15 is 0 Å². The van der Waals surface area contributed by atoms with Crippen molar-refractivity contribution >= 4 is 12.1 Å². The van der Waals surface area contributed by atoms with Gasteiger partial charge in [0.25, 0.3) is 0 Å². The van der Waals surface area contributed by atoms with E-state index in [2.05, 4.69) is 4.74 Å². The van der Waals surface area contributed by atoms with Crippen LogP contribution in [0.4, 0.5) is 9.18 Å². The highest BCUT2D eigenvalue weighted by atomic mass is 19.1. The Hall–Kier alpha value is -1.33. The number of likely N-dealkylation sites (tertiary alicyclic amines) is 1. The van der Waals surface area contributed by atoms with Gasteiger partial charge in [-0.25, -0.2) is 14.0 Å². The van der Waals surface area contributed by atoms with Gasteiger partial charge in [-0.1, -0.05) is 6.92 Å². The number of amides is 1. The lowest BCUT2D eigenvalue weighted by Gasteiger charge is -2.20. The van der Waals surface area contributed by atoms with Crippen LogP contribution in [0.2, 0.25) is 0 Å². The van der Waals surface area contributed by atoms with Crippen molar-refractivity contribution < 1.29 is 23.8 Å². The molecule has 0 spiro atoms. The third-order valence-electron chi connectivity index (χ3n) is 2.46. The molecule has 6 heteroatoms. The van der Waals surface area contributed by atoms with E-state index in [0.717, 1.165) is 12.0 Å². The number of hydrogen-bond acceptors (Lipinski definition) is 3. The molecular weight excluding hydrogens is 193 g/mol. The SMILES string of the molecule is COC(=O)C1C(C)C(F)CN1C(=O)O. The first kappa shape index (κ1) is 10.7. The van der Waals surface area contributed by atoms with E-state index in [1.807, 2.05) is 0 Å². The van der Waals surface area contributed by atoms with E-state index in [1.54, 1.807) is 0 Å². The van der Waals surface area contributed by atoms with Crippen LogP contribution in [0.5, 0.6) is 0 Å². The average Bonchev–Trinajstić information content (AvgIpc) is 2.43. The fourth-order valence-corrected chi connectivity index (χ4v) is 1.61. The maximum absolute atomic E-state index is 13.2. The zero-order chi connectivity index (χ0) is 10.9. The number of alkyl halides is 1. The lowest BCUT2D eigenvalue weighted by molar-refractivity contribution is -0.146. The molecule has 0 radical (unpaired) electrons. The van der Waals surface area contributed by atoms with E-state index in [0.29, 0.717) is 0 Å². The molecule has 3 atom stereocenters. The highest BCUT2D eigenvalue weighted by Gasteiger charge is 2.46. The van der Waals surface area contributed by atoms with E-state index in [4.69, 9.17) is 5.11 Å². The van der Waals surface area contributed by atoms with Gasteiger partial charge in [0.2, 0.25) is 0 Å². The zero-order valence-corrected chi connectivity index (χ0v) is 7.94. The van der Waals surface area contributed by atoms with Crippen LogP contribution in [0, 0.1) is 5.92 Å². The molecule has 0 aliphatic carbocycles. The van der Waals surface area contributed by atoms with Crippen molar-refractivity contribution in [2.75, 3.05) is 13.7 Å². The molecule has 1 rings (SSSR count). The minimum Gasteiger partial charge on any atom is -0.467 e. The summed E-state index contributed by atoms with van der Waals surface area (Å²) in [6.07, 6.45) is -2.61. The predicted molar refractivity (Wildman–Crippen MR) is 44.6 cm³/mol. The van der Waals surface area contributed by atoms with Gasteiger partial charge in [0.05, 0.1) is 13.7 Å². The van der Waals surface area contributed by atoms with Gasteiger partial charge in [-0.15, -0.1) is 0 Å². The molecule has 0 bridgehead atoms. The number of nitrogens with zero attached hydrogens (tertiary/aromatic N) is 1. The Balaban J connectivity index is 2.86. The summed E-state index contributed by atoms with van der Waals surface area (Å²) in [6, 6.07) is -1.02. The summed E-state index contributed by atoms with van der Waals surface area (Å²) in [4.78, 5) is 22.6. The lowest BCUT2D eigenvalue weighted by atomic mass is 10.0. The van der Waals surface area contributed by atoms with Gasteiger partial charge in [0.1, 0.15) is 12.2 Å². The van der Waals surface area contributed by atoms with Crippen LogP contribution in [0.15, 0.2) is 0 Å². The number of carboxylic acid groups (broad SMARTS) is 1. The quantitative estimate of drug-likeness (QED) is 0.633. The maximum Gasteiger partial charge on any atom is 0.408 e. The van der Waals surface area contributed by atoms with Crippen molar-refractivity contribution in [2.45, 2.75) is 19.1 Å². The highest BCUT2D eigenvalue weighted by Crippen LogP contribution is 2.27. The van der Waals surface area contributed by atoms with Gasteiger partial charge in [-0.2, -0.15) is 0 Å². The standard InChI is InChI=1S/C8H12FNO4/c1-4-5(9)3-10(8(12)13)6(4)7(11)14-2/h4-6H,3H2,1-2H3,(H,12,13). The van der Waals surface area contributed by atoms with Crippen LogP contribution in [0.3, 0.4) is 0 Å². The van der Waals surface area contributed by atoms with Crippen molar-refractivity contribution in [1.82, 2.24) is 4.90 Å². The molecule has 1 heterocycles. The van der Waals surface area contributed by atoms with E-state index in [-0.39, 0.29) is 6.54 Å². The minimum absolute atomic E-state index is 0.268. The maximum atomic E-state index is 13.2. The Bertz CT molecular complexity index is 258. The highest BCUT2D eigenvalue weighted by molar-refractivity contribution is 5.82. The fourth-order valence-electron chi connectivity index (χ4n) is 1.61. The topological polar surface area (TPSA) is 66.8 Å². The number of carbonyl (C=O) groups is 2. The molecule has 5 nitrogen and oxygen atoms in total. The number of methoxy groups -OCH3 is 1. The third kappa shape index (κ3) is 1.64. The normalized spacial score (nSPS) is 31.6. The molecule has 0 aromatic carbocycles. The summed E-state index contributed by atoms with van der Waals surface area (Å²) >= 11 is 0. The molecular formula is C8H12FNO4. The number of ether oxygens (including phenoxy) is 1. The molecule has 0 saturated carbocycles. The van der Waals surface area contributed by atoms with Gasteiger partial charge in [-0.3, -0.25) is 4.90 Å². The summed E-state index contributed by atoms with van der Waals surface area (Å²) in [7, 11) is 1.15. The van der Waals surface area contributed by atoms with Gasteiger partial charge in [0, 0.05) is 5.92 Å². The van der Waals surface area contributed by atoms with Crippen LogP contribution in [-0.4, -0.2) is 47.9 Å². The molecule has 0 aromatic heterocycles. The summed E-state index contributed by atoms with van der Waals surface area (Å²) in [6.45, 7) is 1.23. The van der Waals surface area contributed by atoms with Gasteiger partial charge in [0.15, 0.2) is 0 Å². The van der Waals surface area contributed by atoms with E-state index in [1.165, 1.54) is 6.92 Å². The summed E-state index contributed by atoms with van der Waals surface area (Å²) in [5.74, 6) is -1.36.